The maximum absolute atomic E-state index is 15.4. The van der Waals surface area contributed by atoms with Crippen molar-refractivity contribution in [3.05, 3.63) is 219 Å². The van der Waals surface area contributed by atoms with Crippen LogP contribution in [0.1, 0.15) is 5.56 Å². The van der Waals surface area contributed by atoms with Gasteiger partial charge in [-0.25, -0.2) is 92.2 Å². The van der Waals surface area contributed by atoms with Crippen LogP contribution in [0.15, 0.2) is 91.0 Å². The van der Waals surface area contributed by atoms with Crippen molar-refractivity contribution in [2.24, 2.45) is 0 Å². The van der Waals surface area contributed by atoms with E-state index in [1.165, 1.54) is 6.07 Å². The van der Waals surface area contributed by atoms with Gasteiger partial charge in [-0.2, -0.15) is 4.57 Å². The predicted molar refractivity (Wildman–Crippen MR) is 205 cm³/mol. The summed E-state index contributed by atoms with van der Waals surface area (Å²) in [6, 6.07) is 28.6. The van der Waals surface area contributed by atoms with Gasteiger partial charge in [-0.15, -0.1) is 21.9 Å². The minimum atomic E-state index is -7.22. The van der Waals surface area contributed by atoms with Crippen molar-refractivity contribution in [1.82, 2.24) is 0 Å². The lowest BCUT2D eigenvalue weighted by atomic mass is 9.12. The highest BCUT2D eigenvalue weighted by molar-refractivity contribution is 7.20. The highest BCUT2D eigenvalue weighted by atomic mass is 19.2. The molecular weight excluding hydrogens is 992 g/mol. The Morgan fingerprint density at radius 1 is 0.314 bits per heavy atom. The molecule has 0 spiro atoms. The second kappa shape index (κ2) is 19.0. The van der Waals surface area contributed by atoms with E-state index >= 15 is 35.1 Å². The molecule has 0 aliphatic carbocycles. The summed E-state index contributed by atoms with van der Waals surface area (Å²) in [5.41, 5.74) is -12.1. The van der Waals surface area contributed by atoms with E-state index in [4.69, 9.17) is 4.74 Å². The number of nitrogens with zero attached hydrogens (tertiary/aromatic N) is 1. The molecule has 0 saturated carbocycles. The van der Waals surface area contributed by atoms with E-state index in [1.807, 2.05) is 48.5 Å². The van der Waals surface area contributed by atoms with Crippen molar-refractivity contribution in [3.63, 3.8) is 0 Å². The van der Waals surface area contributed by atoms with Gasteiger partial charge in [0.15, 0.2) is 87.9 Å². The molecule has 8 rings (SSSR count). The van der Waals surface area contributed by atoms with E-state index in [-0.39, 0.29) is 11.6 Å². The van der Waals surface area contributed by atoms with E-state index in [0.29, 0.717) is 12.4 Å². The van der Waals surface area contributed by atoms with Gasteiger partial charge in [-0.1, -0.05) is 54.6 Å². The Morgan fingerprint density at radius 2 is 0.629 bits per heavy atom. The Morgan fingerprint density at radius 3 is 1.00 bits per heavy atom. The molecule has 7 aromatic carbocycles. The molecule has 2 nitrogen and oxygen atoms in total. The number of pyridine rings is 1. The van der Waals surface area contributed by atoms with E-state index in [1.54, 1.807) is 18.2 Å². The fraction of sp³-hybridized carbons (Fsp3) is 0.0217. The molecule has 70 heavy (non-hydrogen) atoms. The first-order valence-electron chi connectivity index (χ1n) is 19.1. The Balaban J connectivity index is 0.000000242. The summed E-state index contributed by atoms with van der Waals surface area (Å²) in [6.45, 7) is 0.645. The number of fused-ring (bicyclic) bond motifs is 1. The number of hydrogen-bond donors (Lipinski definition) is 0. The lowest BCUT2D eigenvalue weighted by molar-refractivity contribution is -0.666. The van der Waals surface area contributed by atoms with Gasteiger partial charge in [0, 0.05) is 17.0 Å². The molecule has 0 saturated heterocycles. The van der Waals surface area contributed by atoms with Crippen LogP contribution < -0.4 is 31.2 Å². The van der Waals surface area contributed by atoms with Gasteiger partial charge in [-0.3, -0.25) is 0 Å². The van der Waals surface area contributed by atoms with Crippen molar-refractivity contribution >= 4 is 38.9 Å². The van der Waals surface area contributed by atoms with Crippen molar-refractivity contribution in [2.75, 3.05) is 0 Å². The van der Waals surface area contributed by atoms with Crippen LogP contribution in [0.3, 0.4) is 0 Å². The number of para-hydroxylation sites is 2. The van der Waals surface area contributed by atoms with Gasteiger partial charge in [-0.05, 0) is 24.3 Å². The van der Waals surface area contributed by atoms with Crippen molar-refractivity contribution < 1.29 is 102 Å². The summed E-state index contributed by atoms with van der Waals surface area (Å²) in [5, 5.41) is 1.11. The molecule has 0 amide bonds. The smallest absolute Gasteiger partial charge is 0.374 e. The van der Waals surface area contributed by atoms with Gasteiger partial charge < -0.3 is 4.74 Å². The summed E-state index contributed by atoms with van der Waals surface area (Å²) >= 11 is 0. The molecule has 0 unspecified atom stereocenters. The maximum Gasteiger partial charge on any atom is 0.374 e. The van der Waals surface area contributed by atoms with E-state index in [9.17, 15) is 57.1 Å². The summed E-state index contributed by atoms with van der Waals surface area (Å²) < 4.78 is 316. The maximum atomic E-state index is 15.4. The fourth-order valence-corrected chi connectivity index (χ4v) is 7.78. The number of ether oxygens (including phenoxy) is 1. The van der Waals surface area contributed by atoms with Crippen molar-refractivity contribution in [3.8, 4) is 11.6 Å². The molecule has 0 radical (unpaired) electrons. The van der Waals surface area contributed by atoms with Gasteiger partial charge in [0.25, 0.3) is 0 Å². The zero-order chi connectivity index (χ0) is 51.4. The number of hydrogen-bond acceptors (Lipinski definition) is 1. The first-order valence-corrected chi connectivity index (χ1v) is 19.1. The summed E-state index contributed by atoms with van der Waals surface area (Å²) in [7, 11) is 0. The molecule has 362 valence electrons. The lowest BCUT2D eigenvalue weighted by Gasteiger charge is -2.44. The molecule has 0 aliphatic rings. The number of rotatable bonds is 8. The van der Waals surface area contributed by atoms with Crippen LogP contribution in [0, 0.1) is 122 Å². The third-order valence-corrected chi connectivity index (χ3v) is 10.8. The number of halogens is 21. The largest absolute Gasteiger partial charge is 0.402 e. The fourth-order valence-electron chi connectivity index (χ4n) is 7.78. The molecule has 24 heteroatoms. The number of benzene rings is 7. The van der Waals surface area contributed by atoms with Gasteiger partial charge in [0.2, 0.25) is 5.52 Å². The molecule has 8 aromatic rings. The highest BCUT2D eigenvalue weighted by Crippen LogP contribution is 2.31. The lowest BCUT2D eigenvalue weighted by Crippen LogP contribution is -2.81. The van der Waals surface area contributed by atoms with Crippen LogP contribution in [0.5, 0.6) is 11.6 Å². The zero-order valence-electron chi connectivity index (χ0n) is 33.7. The van der Waals surface area contributed by atoms with Crippen LogP contribution in [0.25, 0.3) is 10.9 Å². The molecule has 0 bridgehead atoms. The van der Waals surface area contributed by atoms with E-state index in [2.05, 4.69) is 22.8 Å². The van der Waals surface area contributed by atoms with Gasteiger partial charge in [0.05, 0.1) is 6.07 Å². The normalized spacial score (nSPS) is 11.6. The predicted octanol–water partition coefficient (Wildman–Crippen LogP) is 11.0. The third kappa shape index (κ3) is 7.97. The molecule has 0 fully saturated rings. The van der Waals surface area contributed by atoms with Crippen LogP contribution >= 0.6 is 0 Å². The van der Waals surface area contributed by atoms with Gasteiger partial charge >= 0.3 is 5.88 Å². The summed E-state index contributed by atoms with van der Waals surface area (Å²) in [5.74, 6) is -71.0. The van der Waals surface area contributed by atoms with E-state index in [0.717, 1.165) is 16.5 Å². The average Bonchev–Trinajstić information content (AvgIpc) is 3.35. The average molecular weight is 1010 g/mol. The first kappa shape index (κ1) is 50.2. The Hall–Kier alpha value is -7.66. The van der Waals surface area contributed by atoms with Crippen LogP contribution in [-0.4, -0.2) is 6.15 Å². The topological polar surface area (TPSA) is 13.1 Å². The first-order chi connectivity index (χ1) is 33.0. The standard InChI is InChI=1S/C24BF20.C22H17FNO/c26-5-1(6(27)14(35)21(42)13(5)34)25(2-7(28)15(36)22(43)16(37)8(2)29,3-9(30)17(38)23(44)18(39)10(3)31)4-11(32)19(40)24(45)20(41)12(4)33;23-19-11-5-7-13-21(19)25-22-15-14-18-10-4-6-12-20(18)24(22)16-17-8-2-1-3-9-17/h;1-15H,16H2/q-1;+1. The quantitative estimate of drug-likeness (QED) is 0.0486. The Labute approximate surface area is 377 Å². The Bertz CT molecular complexity index is 3030. The van der Waals surface area contributed by atoms with Crippen molar-refractivity contribution in [1.29, 1.82) is 0 Å². The molecule has 0 N–H and O–H groups in total. The molecule has 1 aromatic heterocycles. The molecular formula is C46H17BF21NO. The zero-order valence-corrected chi connectivity index (χ0v) is 33.7. The minimum absolute atomic E-state index is 0.222. The monoisotopic (exact) mass is 1010 g/mol. The van der Waals surface area contributed by atoms with Crippen LogP contribution in [0.4, 0.5) is 92.2 Å². The van der Waals surface area contributed by atoms with Crippen LogP contribution in [-0.2, 0) is 6.54 Å². The summed E-state index contributed by atoms with van der Waals surface area (Å²) in [4.78, 5) is 0. The van der Waals surface area contributed by atoms with Crippen molar-refractivity contribution in [2.45, 2.75) is 6.54 Å². The molecule has 1 heterocycles. The minimum Gasteiger partial charge on any atom is -0.402 e. The second-order valence-corrected chi connectivity index (χ2v) is 14.6. The summed E-state index contributed by atoms with van der Waals surface area (Å²) in [6.07, 6.45) is -7.22. The van der Waals surface area contributed by atoms with E-state index < -0.39 is 144 Å². The third-order valence-electron chi connectivity index (χ3n) is 10.8. The second-order valence-electron chi connectivity index (χ2n) is 14.6. The van der Waals surface area contributed by atoms with Crippen LogP contribution in [0.2, 0.25) is 0 Å². The number of aromatic nitrogens is 1. The van der Waals surface area contributed by atoms with Gasteiger partial charge in [0.1, 0.15) is 52.7 Å². The SMILES string of the molecule is Fc1c(F)c(F)c([B-](c2c(F)c(F)c(F)c(F)c2F)(c2c(F)c(F)c(F)c(F)c2F)c2c(F)c(F)c(F)c(F)c2F)c(F)c1F.Fc1ccccc1Oc1ccc2ccccc2[n+]1Cc1ccccc1. The molecule has 0 aliphatic heterocycles. The molecule has 0 atom stereocenters. The Kier molecular flexibility index (Phi) is 13.7. The highest BCUT2D eigenvalue weighted by Gasteiger charge is 2.52.